The highest BCUT2D eigenvalue weighted by atomic mass is 16.5. The number of nitrogens with one attached hydrogen (secondary N) is 2. The van der Waals surface area contributed by atoms with Gasteiger partial charge in [0.15, 0.2) is 0 Å². The van der Waals surface area contributed by atoms with Crippen molar-refractivity contribution in [2.75, 3.05) is 24.3 Å². The van der Waals surface area contributed by atoms with Gasteiger partial charge in [0.1, 0.15) is 0 Å². The molecule has 0 fully saturated rings. The zero-order valence-corrected chi connectivity index (χ0v) is 13.7. The lowest BCUT2D eigenvalue weighted by atomic mass is 10.1. The third-order valence-corrected chi connectivity index (χ3v) is 3.63. The van der Waals surface area contributed by atoms with Crippen LogP contribution >= 0.6 is 0 Å². The van der Waals surface area contributed by atoms with E-state index in [-0.39, 0.29) is 5.91 Å². The molecule has 126 valence electrons. The Morgan fingerprint density at radius 1 is 1.00 bits per heavy atom. The predicted molar refractivity (Wildman–Crippen MR) is 93.4 cm³/mol. The van der Waals surface area contributed by atoms with Crippen LogP contribution in [0.15, 0.2) is 48.5 Å². The molecule has 6 heteroatoms. The van der Waals surface area contributed by atoms with Crippen LogP contribution in [-0.4, -0.2) is 31.1 Å². The summed E-state index contributed by atoms with van der Waals surface area (Å²) >= 11 is 0. The van der Waals surface area contributed by atoms with Crippen LogP contribution in [0.25, 0.3) is 0 Å². The second kappa shape index (κ2) is 8.12. The van der Waals surface area contributed by atoms with Crippen LogP contribution < -0.4 is 15.7 Å². The zero-order chi connectivity index (χ0) is 17.5. The summed E-state index contributed by atoms with van der Waals surface area (Å²) in [5, 5.41) is 11.4. The molecule has 0 aliphatic carbocycles. The summed E-state index contributed by atoms with van der Waals surface area (Å²) < 4.78 is 0. The molecule has 2 aromatic rings. The van der Waals surface area contributed by atoms with Crippen molar-refractivity contribution in [1.29, 1.82) is 0 Å². The number of hydrogen-bond acceptors (Lipinski definition) is 4. The molecule has 0 unspecified atom stereocenters. The number of carbonyl (C=O) groups excluding carboxylic acids is 2. The summed E-state index contributed by atoms with van der Waals surface area (Å²) in [6.07, 6.45) is 0.920. The standard InChI is InChI=1S/C18H21N3O3/c1-21(2)16-10-8-15(9-11-16)19-17(22)12-5-13-3-6-14(7-4-13)18(23)20-24/h3-4,6-11,24H,5,12H2,1-2H3,(H,19,22)(H,20,23). The van der Waals surface area contributed by atoms with Crippen molar-refractivity contribution in [1.82, 2.24) is 5.48 Å². The van der Waals surface area contributed by atoms with Crippen molar-refractivity contribution in [3.8, 4) is 0 Å². The monoisotopic (exact) mass is 327 g/mol. The number of nitrogens with zero attached hydrogens (tertiary/aromatic N) is 1. The summed E-state index contributed by atoms with van der Waals surface area (Å²) in [6.45, 7) is 0. The lowest BCUT2D eigenvalue weighted by Crippen LogP contribution is -2.18. The highest BCUT2D eigenvalue weighted by Gasteiger charge is 2.06. The van der Waals surface area contributed by atoms with Gasteiger partial charge < -0.3 is 10.2 Å². The number of aryl methyl sites for hydroxylation is 1. The molecule has 6 nitrogen and oxygen atoms in total. The van der Waals surface area contributed by atoms with Gasteiger partial charge in [-0.25, -0.2) is 5.48 Å². The Hall–Kier alpha value is -2.86. The molecule has 0 spiro atoms. The van der Waals surface area contributed by atoms with Crippen molar-refractivity contribution < 1.29 is 14.8 Å². The molecule has 0 radical (unpaired) electrons. The predicted octanol–water partition coefficient (Wildman–Crippen LogP) is 2.44. The van der Waals surface area contributed by atoms with Crippen LogP contribution in [0.5, 0.6) is 0 Å². The number of hydrogen-bond donors (Lipinski definition) is 3. The molecule has 0 atom stereocenters. The maximum atomic E-state index is 12.0. The van der Waals surface area contributed by atoms with Gasteiger partial charge in [0.25, 0.3) is 5.91 Å². The van der Waals surface area contributed by atoms with Crippen molar-refractivity contribution in [3.63, 3.8) is 0 Å². The van der Waals surface area contributed by atoms with Crippen LogP contribution in [0, 0.1) is 0 Å². The number of hydroxylamine groups is 1. The van der Waals surface area contributed by atoms with Crippen LogP contribution in [0.4, 0.5) is 11.4 Å². The van der Waals surface area contributed by atoms with E-state index in [0.717, 1.165) is 16.9 Å². The quantitative estimate of drug-likeness (QED) is 0.562. The van der Waals surface area contributed by atoms with Gasteiger partial charge in [-0.1, -0.05) is 12.1 Å². The van der Waals surface area contributed by atoms with E-state index in [0.29, 0.717) is 18.4 Å². The zero-order valence-electron chi connectivity index (χ0n) is 13.7. The fourth-order valence-electron chi connectivity index (χ4n) is 2.21. The third-order valence-electron chi connectivity index (χ3n) is 3.63. The van der Waals surface area contributed by atoms with E-state index < -0.39 is 5.91 Å². The van der Waals surface area contributed by atoms with Gasteiger partial charge in [-0.3, -0.25) is 14.8 Å². The van der Waals surface area contributed by atoms with Crippen LogP contribution in [0.2, 0.25) is 0 Å². The lowest BCUT2D eigenvalue weighted by Gasteiger charge is -2.13. The summed E-state index contributed by atoms with van der Waals surface area (Å²) in [4.78, 5) is 25.2. The van der Waals surface area contributed by atoms with E-state index in [4.69, 9.17) is 5.21 Å². The number of benzene rings is 2. The molecule has 0 aliphatic rings. The molecule has 0 bridgehead atoms. The van der Waals surface area contributed by atoms with Crippen molar-refractivity contribution in [2.45, 2.75) is 12.8 Å². The minimum atomic E-state index is -0.555. The van der Waals surface area contributed by atoms with E-state index in [1.165, 1.54) is 0 Å². The topological polar surface area (TPSA) is 81.7 Å². The minimum absolute atomic E-state index is 0.0650. The molecular weight excluding hydrogens is 306 g/mol. The van der Waals surface area contributed by atoms with Gasteiger partial charge in [-0.2, -0.15) is 0 Å². The third kappa shape index (κ3) is 4.82. The maximum absolute atomic E-state index is 12.0. The van der Waals surface area contributed by atoms with Gasteiger partial charge in [-0.05, 0) is 48.4 Å². The van der Waals surface area contributed by atoms with Crippen LogP contribution in [-0.2, 0) is 11.2 Å². The Labute approximate surface area is 141 Å². The Bertz CT molecular complexity index is 694. The Morgan fingerprint density at radius 3 is 2.17 bits per heavy atom. The molecule has 0 aliphatic heterocycles. The molecule has 2 amide bonds. The molecule has 24 heavy (non-hydrogen) atoms. The summed E-state index contributed by atoms with van der Waals surface area (Å²) in [7, 11) is 3.92. The first-order valence-electron chi connectivity index (χ1n) is 7.60. The summed E-state index contributed by atoms with van der Waals surface area (Å²) in [5.41, 5.74) is 4.73. The van der Waals surface area contributed by atoms with Gasteiger partial charge >= 0.3 is 0 Å². The normalized spacial score (nSPS) is 10.1. The molecule has 3 N–H and O–H groups in total. The van der Waals surface area contributed by atoms with Crippen LogP contribution in [0.1, 0.15) is 22.3 Å². The molecule has 0 aromatic heterocycles. The number of rotatable bonds is 6. The van der Waals surface area contributed by atoms with Crippen molar-refractivity contribution in [2.24, 2.45) is 0 Å². The van der Waals surface area contributed by atoms with Gasteiger partial charge in [0.2, 0.25) is 5.91 Å². The summed E-state index contributed by atoms with van der Waals surface area (Å²) in [5.74, 6) is -0.620. The molecule has 2 rings (SSSR count). The van der Waals surface area contributed by atoms with Crippen molar-refractivity contribution >= 4 is 23.2 Å². The lowest BCUT2D eigenvalue weighted by molar-refractivity contribution is -0.116. The highest BCUT2D eigenvalue weighted by molar-refractivity contribution is 5.93. The molecule has 2 aromatic carbocycles. The Morgan fingerprint density at radius 2 is 1.62 bits per heavy atom. The largest absolute Gasteiger partial charge is 0.378 e. The second-order valence-electron chi connectivity index (χ2n) is 5.63. The number of carbonyl (C=O) groups is 2. The van der Waals surface area contributed by atoms with E-state index in [1.807, 2.05) is 43.3 Å². The summed E-state index contributed by atoms with van der Waals surface area (Å²) in [6, 6.07) is 14.4. The number of amides is 2. The minimum Gasteiger partial charge on any atom is -0.378 e. The fourth-order valence-corrected chi connectivity index (χ4v) is 2.21. The van der Waals surface area contributed by atoms with E-state index in [1.54, 1.807) is 29.7 Å². The van der Waals surface area contributed by atoms with Crippen molar-refractivity contribution in [3.05, 3.63) is 59.7 Å². The molecule has 0 heterocycles. The van der Waals surface area contributed by atoms with E-state index in [2.05, 4.69) is 5.32 Å². The molecule has 0 saturated carbocycles. The van der Waals surface area contributed by atoms with Crippen LogP contribution in [0.3, 0.4) is 0 Å². The maximum Gasteiger partial charge on any atom is 0.274 e. The average molecular weight is 327 g/mol. The second-order valence-corrected chi connectivity index (χ2v) is 5.63. The van der Waals surface area contributed by atoms with Gasteiger partial charge in [-0.15, -0.1) is 0 Å². The SMILES string of the molecule is CN(C)c1ccc(NC(=O)CCc2ccc(C(=O)NO)cc2)cc1. The van der Waals surface area contributed by atoms with Gasteiger partial charge in [0.05, 0.1) is 0 Å². The molecule has 0 saturated heterocycles. The average Bonchev–Trinajstić information content (AvgIpc) is 2.60. The smallest absolute Gasteiger partial charge is 0.274 e. The first kappa shape index (κ1) is 17.5. The van der Waals surface area contributed by atoms with Gasteiger partial charge in [0, 0.05) is 37.5 Å². The Balaban J connectivity index is 1.85. The highest BCUT2D eigenvalue weighted by Crippen LogP contribution is 2.16. The van der Waals surface area contributed by atoms with E-state index >= 15 is 0 Å². The first-order chi connectivity index (χ1) is 11.5. The van der Waals surface area contributed by atoms with E-state index in [9.17, 15) is 9.59 Å². The fraction of sp³-hybridized carbons (Fsp3) is 0.222. The first-order valence-corrected chi connectivity index (χ1v) is 7.60. The molecular formula is C18H21N3O3. The number of anilines is 2. The Kier molecular flexibility index (Phi) is 5.92.